The van der Waals surface area contributed by atoms with Gasteiger partial charge in [-0.25, -0.2) is 9.37 Å². The normalized spacial score (nSPS) is 10.7. The number of hydrogen-bond donors (Lipinski definition) is 1. The van der Waals surface area contributed by atoms with Gasteiger partial charge in [-0.05, 0) is 28.7 Å². The largest absolute Gasteiger partial charge is 0.494 e. The van der Waals surface area contributed by atoms with E-state index in [2.05, 4.69) is 15.4 Å². The van der Waals surface area contributed by atoms with Gasteiger partial charge in [0.15, 0.2) is 17.4 Å². The number of ether oxygens (including phenoxy) is 1. The van der Waals surface area contributed by atoms with E-state index in [1.807, 2.05) is 0 Å². The first kappa shape index (κ1) is 14.7. The highest BCUT2D eigenvalue weighted by Crippen LogP contribution is 2.19. The van der Waals surface area contributed by atoms with Crippen molar-refractivity contribution in [3.05, 3.63) is 58.0 Å². The number of rotatable bonds is 5. The molecule has 0 radical (unpaired) electrons. The van der Waals surface area contributed by atoms with Crippen molar-refractivity contribution >= 4 is 17.3 Å². The lowest BCUT2D eigenvalue weighted by atomic mass is 10.2. The molecule has 0 aliphatic rings. The van der Waals surface area contributed by atoms with Gasteiger partial charge >= 0.3 is 5.82 Å². The Morgan fingerprint density at radius 1 is 1.39 bits per heavy atom. The number of imidazole rings is 1. The summed E-state index contributed by atoms with van der Waals surface area (Å²) < 4.78 is 19.6. The maximum Gasteiger partial charge on any atom is 0.368 e. The summed E-state index contributed by atoms with van der Waals surface area (Å²) in [6.45, 7) is 0.307. The molecule has 0 saturated heterocycles. The number of nitro groups is 1. The molecule has 3 rings (SSSR count). The molecule has 1 aromatic carbocycles. The number of anilines is 1. The van der Waals surface area contributed by atoms with Crippen LogP contribution in [-0.2, 0) is 6.54 Å². The number of aromatic nitrogens is 3. The van der Waals surface area contributed by atoms with E-state index in [4.69, 9.17) is 4.74 Å². The molecule has 0 aliphatic carbocycles. The van der Waals surface area contributed by atoms with E-state index in [-0.39, 0.29) is 11.6 Å². The molecule has 3 aromatic rings. The minimum Gasteiger partial charge on any atom is -0.494 e. The quantitative estimate of drug-likeness (QED) is 0.573. The van der Waals surface area contributed by atoms with E-state index >= 15 is 0 Å². The Labute approximate surface area is 129 Å². The van der Waals surface area contributed by atoms with Crippen LogP contribution in [0.25, 0.3) is 5.65 Å². The predicted octanol–water partition coefficient (Wildman–Crippen LogP) is 2.40. The summed E-state index contributed by atoms with van der Waals surface area (Å²) in [6, 6.07) is 7.85. The molecule has 0 fully saturated rings. The van der Waals surface area contributed by atoms with Crippen LogP contribution in [0.4, 0.5) is 16.0 Å². The minimum atomic E-state index is -0.560. The van der Waals surface area contributed by atoms with Gasteiger partial charge in [-0.1, -0.05) is 15.7 Å². The molecule has 1 N–H and O–H groups in total. The van der Waals surface area contributed by atoms with Crippen molar-refractivity contribution in [2.45, 2.75) is 6.54 Å². The Morgan fingerprint density at radius 3 is 2.91 bits per heavy atom. The van der Waals surface area contributed by atoms with Crippen LogP contribution in [0.1, 0.15) is 5.56 Å². The average Bonchev–Trinajstić information content (AvgIpc) is 2.96. The van der Waals surface area contributed by atoms with Crippen LogP contribution in [-0.4, -0.2) is 26.6 Å². The fourth-order valence-corrected chi connectivity index (χ4v) is 2.09. The maximum atomic E-state index is 13.6. The molecule has 0 aliphatic heterocycles. The second-order valence-corrected chi connectivity index (χ2v) is 4.68. The van der Waals surface area contributed by atoms with Gasteiger partial charge in [0.25, 0.3) is 0 Å². The summed E-state index contributed by atoms with van der Waals surface area (Å²) in [5.41, 5.74) is 1.06. The molecule has 0 unspecified atom stereocenters. The summed E-state index contributed by atoms with van der Waals surface area (Å²) in [7, 11) is 1.40. The van der Waals surface area contributed by atoms with E-state index in [0.29, 0.717) is 23.6 Å². The van der Waals surface area contributed by atoms with Crippen molar-refractivity contribution in [1.29, 1.82) is 0 Å². The van der Waals surface area contributed by atoms with Crippen molar-refractivity contribution in [2.75, 3.05) is 12.4 Å². The first-order chi connectivity index (χ1) is 11.1. The second kappa shape index (κ2) is 5.87. The highest BCUT2D eigenvalue weighted by Gasteiger charge is 2.15. The second-order valence-electron chi connectivity index (χ2n) is 4.68. The van der Waals surface area contributed by atoms with Crippen LogP contribution in [0, 0.1) is 15.9 Å². The van der Waals surface area contributed by atoms with Gasteiger partial charge in [0.1, 0.15) is 6.20 Å². The summed E-state index contributed by atoms with van der Waals surface area (Å²) >= 11 is 0. The van der Waals surface area contributed by atoms with E-state index in [9.17, 15) is 14.5 Å². The fourth-order valence-electron chi connectivity index (χ4n) is 2.09. The van der Waals surface area contributed by atoms with Crippen molar-refractivity contribution in [3.63, 3.8) is 0 Å². The summed E-state index contributed by atoms with van der Waals surface area (Å²) in [4.78, 5) is 14.2. The van der Waals surface area contributed by atoms with Gasteiger partial charge in [-0.2, -0.15) is 0 Å². The van der Waals surface area contributed by atoms with Gasteiger partial charge < -0.3 is 20.2 Å². The summed E-state index contributed by atoms with van der Waals surface area (Å²) in [5, 5.41) is 18.0. The fraction of sp³-hybridized carbons (Fsp3) is 0.143. The Bertz CT molecular complexity index is 880. The first-order valence-corrected chi connectivity index (χ1v) is 6.64. The van der Waals surface area contributed by atoms with Crippen LogP contribution in [0.2, 0.25) is 0 Å². The maximum absolute atomic E-state index is 13.6. The minimum absolute atomic E-state index is 0.169. The molecule has 8 nitrogen and oxygen atoms in total. The zero-order valence-electron chi connectivity index (χ0n) is 12.1. The molecular weight excluding hydrogens is 305 g/mol. The molecule has 118 valence electrons. The molecule has 0 spiro atoms. The molecular formula is C14H12FN5O3. The topological polar surface area (TPSA) is 94.6 Å². The summed E-state index contributed by atoms with van der Waals surface area (Å²) in [6.07, 6.45) is 1.14. The Hall–Kier alpha value is -3.23. The third-order valence-corrected chi connectivity index (χ3v) is 3.22. The smallest absolute Gasteiger partial charge is 0.368 e. The number of nitrogens with zero attached hydrogens (tertiary/aromatic N) is 4. The molecule has 0 saturated carbocycles. The molecule has 9 heteroatoms. The van der Waals surface area contributed by atoms with Crippen LogP contribution < -0.4 is 10.1 Å². The molecule has 0 amide bonds. The van der Waals surface area contributed by atoms with Crippen LogP contribution >= 0.6 is 0 Å². The van der Waals surface area contributed by atoms with E-state index in [1.54, 1.807) is 18.2 Å². The lowest BCUT2D eigenvalue weighted by Gasteiger charge is -2.07. The predicted molar refractivity (Wildman–Crippen MR) is 79.9 cm³/mol. The van der Waals surface area contributed by atoms with Crippen molar-refractivity contribution in [2.24, 2.45) is 0 Å². The number of hydrogen-bond acceptors (Lipinski definition) is 6. The number of nitrogens with one attached hydrogen (secondary N) is 1. The summed E-state index contributed by atoms with van der Waals surface area (Å²) in [5.74, 6) is -0.100. The molecule has 0 bridgehead atoms. The standard InChI is InChI=1S/C14H12FN5O3/c1-23-11-3-2-9(6-10(11)15)7-16-12-4-5-13-17-8-14(20(21)22)19(13)18-12/h2-6,8H,7H2,1H3,(H,16,18). The van der Waals surface area contributed by atoms with Crippen LogP contribution in [0.3, 0.4) is 0 Å². The van der Waals surface area contributed by atoms with Gasteiger partial charge in [-0.3, -0.25) is 0 Å². The van der Waals surface area contributed by atoms with E-state index < -0.39 is 10.7 Å². The zero-order chi connectivity index (χ0) is 16.4. The van der Waals surface area contributed by atoms with Gasteiger partial charge in [0.05, 0.1) is 7.11 Å². The van der Waals surface area contributed by atoms with E-state index in [1.165, 1.54) is 19.2 Å². The van der Waals surface area contributed by atoms with Gasteiger partial charge in [0, 0.05) is 12.6 Å². The number of halogens is 1. The number of fused-ring (bicyclic) bond motifs is 1. The van der Waals surface area contributed by atoms with Crippen molar-refractivity contribution in [1.82, 2.24) is 14.6 Å². The van der Waals surface area contributed by atoms with E-state index in [0.717, 1.165) is 10.7 Å². The van der Waals surface area contributed by atoms with Gasteiger partial charge in [0.2, 0.25) is 5.65 Å². The third-order valence-electron chi connectivity index (χ3n) is 3.22. The zero-order valence-corrected chi connectivity index (χ0v) is 12.1. The molecule has 2 aromatic heterocycles. The first-order valence-electron chi connectivity index (χ1n) is 6.64. The average molecular weight is 317 g/mol. The van der Waals surface area contributed by atoms with Crippen LogP contribution in [0.5, 0.6) is 5.75 Å². The lowest BCUT2D eigenvalue weighted by molar-refractivity contribution is -0.391. The Kier molecular flexibility index (Phi) is 3.75. The van der Waals surface area contributed by atoms with Crippen molar-refractivity contribution < 1.29 is 14.1 Å². The number of methoxy groups -OCH3 is 1. The highest BCUT2D eigenvalue weighted by atomic mass is 19.1. The third kappa shape index (κ3) is 2.89. The molecule has 2 heterocycles. The van der Waals surface area contributed by atoms with Gasteiger partial charge in [-0.15, -0.1) is 0 Å². The monoisotopic (exact) mass is 317 g/mol. The van der Waals surface area contributed by atoms with Crippen LogP contribution in [0.15, 0.2) is 36.5 Å². The Morgan fingerprint density at radius 2 is 2.22 bits per heavy atom. The number of benzene rings is 1. The highest BCUT2D eigenvalue weighted by molar-refractivity contribution is 5.48. The molecule has 23 heavy (non-hydrogen) atoms. The molecule has 0 atom stereocenters. The van der Waals surface area contributed by atoms with Crippen molar-refractivity contribution in [3.8, 4) is 5.75 Å². The lowest BCUT2D eigenvalue weighted by Crippen LogP contribution is -2.05. The SMILES string of the molecule is COc1ccc(CNc2ccc3ncc([N+](=O)[O-])n3n2)cc1F. The Balaban J connectivity index is 1.80.